The average Bonchev–Trinajstić information content (AvgIpc) is 2.81. The van der Waals surface area contributed by atoms with Crippen LogP contribution in [0.15, 0.2) is 39.2 Å². The fraction of sp³-hybridized carbons (Fsp3) is 0.214. The predicted molar refractivity (Wildman–Crippen MR) is 85.1 cm³/mol. The van der Waals surface area contributed by atoms with Crippen molar-refractivity contribution in [2.24, 2.45) is 5.10 Å². The summed E-state index contributed by atoms with van der Waals surface area (Å²) in [6.45, 7) is 3.77. The van der Waals surface area contributed by atoms with E-state index in [4.69, 9.17) is 0 Å². The van der Waals surface area contributed by atoms with Crippen molar-refractivity contribution in [2.45, 2.75) is 20.3 Å². The molecule has 104 valence electrons. The number of nitrogens with one attached hydrogen (secondary N) is 1. The number of thiazole rings is 1. The molecule has 6 heteroatoms. The number of nitrogens with zero attached hydrogens (tertiary/aromatic N) is 2. The quantitative estimate of drug-likeness (QED) is 0.678. The Morgan fingerprint density at radius 1 is 1.50 bits per heavy atom. The Morgan fingerprint density at radius 3 is 2.95 bits per heavy atom. The van der Waals surface area contributed by atoms with E-state index in [1.807, 2.05) is 43.5 Å². The van der Waals surface area contributed by atoms with Gasteiger partial charge in [-0.1, -0.05) is 28.1 Å². The Kier molecular flexibility index (Phi) is 5.03. The Bertz CT molecular complexity index is 651. The first-order chi connectivity index (χ1) is 9.54. The van der Waals surface area contributed by atoms with E-state index < -0.39 is 0 Å². The third-order valence-electron chi connectivity index (χ3n) is 2.60. The highest BCUT2D eigenvalue weighted by Gasteiger charge is 2.06. The fourth-order valence-corrected chi connectivity index (χ4v) is 2.63. The Labute approximate surface area is 130 Å². The molecule has 4 nitrogen and oxygen atoms in total. The van der Waals surface area contributed by atoms with Crippen molar-refractivity contribution in [1.82, 2.24) is 10.4 Å². The molecule has 2 aromatic rings. The van der Waals surface area contributed by atoms with Crippen molar-refractivity contribution in [3.05, 3.63) is 50.4 Å². The third-order valence-corrected chi connectivity index (χ3v) is 3.91. The normalized spacial score (nSPS) is 11.4. The lowest BCUT2D eigenvalue weighted by atomic mass is 10.1. The van der Waals surface area contributed by atoms with Crippen LogP contribution in [0.4, 0.5) is 0 Å². The van der Waals surface area contributed by atoms with Gasteiger partial charge in [0.1, 0.15) is 0 Å². The summed E-state index contributed by atoms with van der Waals surface area (Å²) in [6, 6.07) is 7.77. The second-order valence-corrected chi connectivity index (χ2v) is 6.26. The maximum Gasteiger partial charge on any atom is 0.246 e. The minimum absolute atomic E-state index is 0.162. The molecule has 0 fully saturated rings. The zero-order valence-electron chi connectivity index (χ0n) is 11.2. The second kappa shape index (κ2) is 6.76. The van der Waals surface area contributed by atoms with Gasteiger partial charge in [-0.05, 0) is 31.5 Å². The van der Waals surface area contributed by atoms with Gasteiger partial charge in [0.15, 0.2) is 0 Å². The maximum absolute atomic E-state index is 11.8. The summed E-state index contributed by atoms with van der Waals surface area (Å²) in [4.78, 5) is 16.0. The summed E-state index contributed by atoms with van der Waals surface area (Å²) in [6.07, 6.45) is 0.250. The van der Waals surface area contributed by atoms with E-state index >= 15 is 0 Å². The highest BCUT2D eigenvalue weighted by Crippen LogP contribution is 2.12. The lowest BCUT2D eigenvalue weighted by Crippen LogP contribution is -2.21. The number of benzene rings is 1. The smallest absolute Gasteiger partial charge is 0.246 e. The zero-order valence-corrected chi connectivity index (χ0v) is 13.6. The van der Waals surface area contributed by atoms with Crippen LogP contribution in [0.3, 0.4) is 0 Å². The van der Waals surface area contributed by atoms with Crippen LogP contribution in [0.2, 0.25) is 0 Å². The molecular formula is C14H14BrN3OS. The molecule has 0 aliphatic rings. The van der Waals surface area contributed by atoms with Crippen molar-refractivity contribution < 1.29 is 4.79 Å². The molecule has 0 spiro atoms. The molecule has 2 rings (SSSR count). The van der Waals surface area contributed by atoms with Crippen molar-refractivity contribution in [3.63, 3.8) is 0 Å². The van der Waals surface area contributed by atoms with Crippen molar-refractivity contribution in [1.29, 1.82) is 0 Å². The van der Waals surface area contributed by atoms with E-state index in [1.165, 1.54) is 11.3 Å². The first-order valence-corrected chi connectivity index (χ1v) is 7.72. The molecule has 1 amide bonds. The molecule has 0 aliphatic carbocycles. The Balaban J connectivity index is 1.96. The van der Waals surface area contributed by atoms with Crippen LogP contribution in [0.1, 0.15) is 23.2 Å². The number of halogens is 1. The van der Waals surface area contributed by atoms with Crippen LogP contribution in [-0.2, 0) is 11.2 Å². The first kappa shape index (κ1) is 14.9. The SMILES string of the molecule is C/C(=N/NC(=O)Cc1csc(C)n1)c1cccc(Br)c1. The molecule has 0 atom stereocenters. The zero-order chi connectivity index (χ0) is 14.5. The molecule has 1 aromatic carbocycles. The number of rotatable bonds is 4. The molecule has 20 heavy (non-hydrogen) atoms. The first-order valence-electron chi connectivity index (χ1n) is 6.04. The summed E-state index contributed by atoms with van der Waals surface area (Å²) < 4.78 is 0.980. The van der Waals surface area contributed by atoms with Gasteiger partial charge in [0.25, 0.3) is 0 Å². The van der Waals surface area contributed by atoms with Gasteiger partial charge in [0.2, 0.25) is 5.91 Å². The van der Waals surface area contributed by atoms with Gasteiger partial charge in [-0.2, -0.15) is 5.10 Å². The number of hydrazone groups is 1. The molecule has 0 saturated heterocycles. The number of hydrogen-bond acceptors (Lipinski definition) is 4. The lowest BCUT2D eigenvalue weighted by Gasteiger charge is -2.02. The van der Waals surface area contributed by atoms with Crippen molar-refractivity contribution in [2.75, 3.05) is 0 Å². The molecular weight excluding hydrogens is 338 g/mol. The van der Waals surface area contributed by atoms with Gasteiger partial charge in [-0.3, -0.25) is 4.79 Å². The summed E-state index contributed by atoms with van der Waals surface area (Å²) in [7, 11) is 0. The number of aromatic nitrogens is 1. The van der Waals surface area contributed by atoms with Crippen LogP contribution >= 0.6 is 27.3 Å². The van der Waals surface area contributed by atoms with Gasteiger partial charge >= 0.3 is 0 Å². The molecule has 0 radical (unpaired) electrons. The molecule has 0 unspecified atom stereocenters. The molecule has 1 aromatic heterocycles. The number of carbonyl (C=O) groups excluding carboxylic acids is 1. The van der Waals surface area contributed by atoms with Gasteiger partial charge < -0.3 is 0 Å². The highest BCUT2D eigenvalue weighted by molar-refractivity contribution is 9.10. The minimum atomic E-state index is -0.162. The molecule has 0 aliphatic heterocycles. The minimum Gasteiger partial charge on any atom is -0.273 e. The summed E-state index contributed by atoms with van der Waals surface area (Å²) >= 11 is 4.94. The second-order valence-electron chi connectivity index (χ2n) is 4.28. The van der Waals surface area contributed by atoms with E-state index in [-0.39, 0.29) is 12.3 Å². The molecule has 1 N–H and O–H groups in total. The van der Waals surface area contributed by atoms with E-state index in [0.29, 0.717) is 0 Å². The predicted octanol–water partition coefficient (Wildman–Crippen LogP) is 3.30. The lowest BCUT2D eigenvalue weighted by molar-refractivity contribution is -0.120. The maximum atomic E-state index is 11.8. The number of amides is 1. The van der Waals surface area contributed by atoms with Crippen LogP contribution < -0.4 is 5.43 Å². The summed E-state index contributed by atoms with van der Waals surface area (Å²) in [5.74, 6) is -0.162. The Morgan fingerprint density at radius 2 is 2.30 bits per heavy atom. The summed E-state index contributed by atoms with van der Waals surface area (Å²) in [5.41, 5.74) is 5.06. The topological polar surface area (TPSA) is 54.4 Å². The number of carbonyl (C=O) groups is 1. The van der Waals surface area contributed by atoms with Gasteiger partial charge in [-0.25, -0.2) is 10.4 Å². The van der Waals surface area contributed by atoms with Crippen LogP contribution in [0, 0.1) is 6.92 Å². The molecule has 0 saturated carbocycles. The van der Waals surface area contributed by atoms with Gasteiger partial charge in [0, 0.05) is 9.85 Å². The van der Waals surface area contributed by atoms with E-state index in [9.17, 15) is 4.79 Å². The van der Waals surface area contributed by atoms with Crippen molar-refractivity contribution >= 4 is 38.9 Å². The monoisotopic (exact) mass is 351 g/mol. The molecule has 0 bridgehead atoms. The van der Waals surface area contributed by atoms with E-state index in [0.717, 1.165) is 26.4 Å². The highest BCUT2D eigenvalue weighted by atomic mass is 79.9. The van der Waals surface area contributed by atoms with Crippen molar-refractivity contribution in [3.8, 4) is 0 Å². The van der Waals surface area contributed by atoms with Crippen LogP contribution in [0.25, 0.3) is 0 Å². The largest absolute Gasteiger partial charge is 0.273 e. The van der Waals surface area contributed by atoms with E-state index in [1.54, 1.807) is 0 Å². The fourth-order valence-electron chi connectivity index (χ4n) is 1.62. The van der Waals surface area contributed by atoms with Crippen LogP contribution in [-0.4, -0.2) is 16.6 Å². The van der Waals surface area contributed by atoms with Crippen LogP contribution in [0.5, 0.6) is 0 Å². The number of aryl methyl sites for hydroxylation is 1. The molecule has 1 heterocycles. The standard InChI is InChI=1S/C14H14BrN3OS/c1-9(11-4-3-5-12(15)6-11)17-18-14(19)7-13-8-20-10(2)16-13/h3-6,8H,7H2,1-2H3,(H,18,19)/b17-9-. The third kappa shape index (κ3) is 4.25. The van der Waals surface area contributed by atoms with Gasteiger partial charge in [0.05, 0.1) is 22.8 Å². The average molecular weight is 352 g/mol. The van der Waals surface area contributed by atoms with Gasteiger partial charge in [-0.15, -0.1) is 11.3 Å². The Hall–Kier alpha value is -1.53. The number of hydrogen-bond donors (Lipinski definition) is 1. The van der Waals surface area contributed by atoms with E-state index in [2.05, 4.69) is 31.4 Å². The summed E-state index contributed by atoms with van der Waals surface area (Å²) in [5, 5.41) is 6.96.